The van der Waals surface area contributed by atoms with Crippen LogP contribution in [0.3, 0.4) is 0 Å². The smallest absolute Gasteiger partial charge is 0.195 e. The molecule has 1 aromatic carbocycles. The van der Waals surface area contributed by atoms with Gasteiger partial charge in [0, 0.05) is 51.8 Å². The zero-order valence-electron chi connectivity index (χ0n) is 12.9. The Labute approximate surface area is 142 Å². The fraction of sp³-hybridized carbons (Fsp3) is 0.400. The summed E-state index contributed by atoms with van der Waals surface area (Å²) >= 11 is 0. The number of nitrogens with zero attached hydrogens (tertiary/aromatic N) is 3. The molecule has 1 heterocycles. The zero-order chi connectivity index (χ0) is 14.7. The van der Waals surface area contributed by atoms with Crippen LogP contribution in [0.5, 0.6) is 0 Å². The highest BCUT2D eigenvalue weighted by Gasteiger charge is 2.06. The molecule has 0 saturated heterocycles. The van der Waals surface area contributed by atoms with Crippen molar-refractivity contribution in [2.24, 2.45) is 4.99 Å². The van der Waals surface area contributed by atoms with Crippen molar-refractivity contribution < 1.29 is 4.39 Å². The molecular formula is C15H22FIN4. The van der Waals surface area contributed by atoms with Gasteiger partial charge >= 0.3 is 0 Å². The Balaban J connectivity index is 0.00000220. The second kappa shape index (κ2) is 7.63. The predicted octanol–water partition coefficient (Wildman–Crippen LogP) is 2.95. The molecule has 4 nitrogen and oxygen atoms in total. The standard InChI is InChI=1S/C15H21FN4.HI/c1-19(2)15(20(3)4)17-8-7-11-10-18-14-9-12(16)5-6-13(11)14;/h5-6,9-10,18H,7-8H2,1-4H3;1H. The van der Waals surface area contributed by atoms with E-state index in [1.165, 1.54) is 17.7 Å². The first-order valence-corrected chi connectivity index (χ1v) is 6.63. The lowest BCUT2D eigenvalue weighted by atomic mass is 10.1. The average Bonchev–Trinajstić information content (AvgIpc) is 2.76. The van der Waals surface area contributed by atoms with Crippen LogP contribution in [0.2, 0.25) is 0 Å². The number of aromatic amines is 1. The maximum atomic E-state index is 13.1. The Kier molecular flexibility index (Phi) is 6.44. The van der Waals surface area contributed by atoms with E-state index in [1.807, 2.05) is 50.3 Å². The highest BCUT2D eigenvalue weighted by atomic mass is 127. The van der Waals surface area contributed by atoms with Crippen molar-refractivity contribution in [2.45, 2.75) is 6.42 Å². The third-order valence-electron chi connectivity index (χ3n) is 3.16. The molecule has 0 spiro atoms. The molecule has 116 valence electrons. The summed E-state index contributed by atoms with van der Waals surface area (Å²) in [5.41, 5.74) is 2.00. The van der Waals surface area contributed by atoms with E-state index < -0.39 is 0 Å². The number of H-pyrrole nitrogens is 1. The monoisotopic (exact) mass is 404 g/mol. The van der Waals surface area contributed by atoms with Crippen LogP contribution in [0.15, 0.2) is 29.4 Å². The van der Waals surface area contributed by atoms with Crippen molar-refractivity contribution in [1.29, 1.82) is 0 Å². The Morgan fingerprint density at radius 2 is 1.86 bits per heavy atom. The molecule has 0 aliphatic carbocycles. The molecule has 0 aliphatic heterocycles. The first-order valence-electron chi connectivity index (χ1n) is 6.63. The summed E-state index contributed by atoms with van der Waals surface area (Å²) in [7, 11) is 7.92. The van der Waals surface area contributed by atoms with Crippen molar-refractivity contribution in [3.8, 4) is 0 Å². The van der Waals surface area contributed by atoms with E-state index in [4.69, 9.17) is 0 Å². The lowest BCUT2D eigenvalue weighted by Crippen LogP contribution is -2.35. The number of guanidine groups is 1. The minimum atomic E-state index is -0.216. The number of nitrogens with one attached hydrogen (secondary N) is 1. The summed E-state index contributed by atoms with van der Waals surface area (Å²) in [6, 6.07) is 4.83. The molecule has 6 heteroatoms. The normalized spacial score (nSPS) is 10.1. The van der Waals surface area contributed by atoms with Crippen molar-refractivity contribution in [1.82, 2.24) is 14.8 Å². The first kappa shape index (κ1) is 17.7. The summed E-state index contributed by atoms with van der Waals surface area (Å²) in [6.45, 7) is 0.704. The molecule has 0 bridgehead atoms. The SMILES string of the molecule is CN(C)C(=NCCc1c[nH]c2cc(F)ccc12)N(C)C.I. The molecule has 1 N–H and O–H groups in total. The van der Waals surface area contributed by atoms with Gasteiger partial charge in [-0.15, -0.1) is 24.0 Å². The van der Waals surface area contributed by atoms with Crippen LogP contribution in [-0.2, 0) is 6.42 Å². The second-order valence-electron chi connectivity index (χ2n) is 5.22. The molecule has 0 fully saturated rings. The lowest BCUT2D eigenvalue weighted by molar-refractivity contribution is 0.479. The Morgan fingerprint density at radius 1 is 1.19 bits per heavy atom. The molecule has 0 radical (unpaired) electrons. The molecule has 0 saturated carbocycles. The van der Waals surface area contributed by atoms with Gasteiger partial charge in [0.15, 0.2) is 5.96 Å². The van der Waals surface area contributed by atoms with Crippen molar-refractivity contribution in [2.75, 3.05) is 34.7 Å². The van der Waals surface area contributed by atoms with Crippen LogP contribution >= 0.6 is 24.0 Å². The molecule has 2 aromatic rings. The van der Waals surface area contributed by atoms with E-state index in [0.717, 1.165) is 23.3 Å². The Morgan fingerprint density at radius 3 is 2.48 bits per heavy atom. The van der Waals surface area contributed by atoms with Gasteiger partial charge < -0.3 is 14.8 Å². The van der Waals surface area contributed by atoms with Crippen molar-refractivity contribution >= 4 is 40.8 Å². The maximum Gasteiger partial charge on any atom is 0.195 e. The first-order chi connectivity index (χ1) is 9.49. The number of hydrogen-bond donors (Lipinski definition) is 1. The molecule has 0 atom stereocenters. The molecule has 2 rings (SSSR count). The van der Waals surface area contributed by atoms with Gasteiger partial charge in [-0.3, -0.25) is 4.99 Å². The Bertz CT molecular complexity index is 609. The summed E-state index contributed by atoms with van der Waals surface area (Å²) < 4.78 is 13.1. The van der Waals surface area contributed by atoms with Crippen molar-refractivity contribution in [3.05, 3.63) is 35.8 Å². The van der Waals surface area contributed by atoms with E-state index in [9.17, 15) is 4.39 Å². The molecule has 0 unspecified atom stereocenters. The van der Waals surface area contributed by atoms with Gasteiger partial charge in [-0.1, -0.05) is 0 Å². The summed E-state index contributed by atoms with van der Waals surface area (Å²) in [6.07, 6.45) is 2.77. The van der Waals surface area contributed by atoms with Crippen LogP contribution < -0.4 is 0 Å². The van der Waals surface area contributed by atoms with E-state index in [2.05, 4.69) is 9.98 Å². The predicted molar refractivity (Wildman–Crippen MR) is 97.1 cm³/mol. The van der Waals surface area contributed by atoms with Gasteiger partial charge in [0.2, 0.25) is 0 Å². The molecule has 0 amide bonds. The number of fused-ring (bicyclic) bond motifs is 1. The average molecular weight is 404 g/mol. The number of aromatic nitrogens is 1. The number of halogens is 2. The van der Waals surface area contributed by atoms with Crippen LogP contribution in [0, 0.1) is 5.82 Å². The molecule has 21 heavy (non-hydrogen) atoms. The topological polar surface area (TPSA) is 34.6 Å². The van der Waals surface area contributed by atoms with Crippen LogP contribution in [0.25, 0.3) is 10.9 Å². The summed E-state index contributed by atoms with van der Waals surface area (Å²) in [4.78, 5) is 11.7. The minimum Gasteiger partial charge on any atom is -0.361 e. The number of rotatable bonds is 3. The van der Waals surface area contributed by atoms with Gasteiger partial charge in [0.05, 0.1) is 0 Å². The third-order valence-corrected chi connectivity index (χ3v) is 3.16. The minimum absolute atomic E-state index is 0. The second-order valence-corrected chi connectivity index (χ2v) is 5.22. The molecule has 0 aliphatic rings. The van der Waals surface area contributed by atoms with Crippen LogP contribution in [-0.4, -0.2) is 55.5 Å². The largest absolute Gasteiger partial charge is 0.361 e. The van der Waals surface area contributed by atoms with Gasteiger partial charge in [-0.05, 0) is 30.2 Å². The van der Waals surface area contributed by atoms with E-state index in [-0.39, 0.29) is 29.8 Å². The van der Waals surface area contributed by atoms with E-state index in [1.54, 1.807) is 0 Å². The van der Waals surface area contributed by atoms with Crippen LogP contribution in [0.1, 0.15) is 5.56 Å². The fourth-order valence-electron chi connectivity index (χ4n) is 2.32. The molecular weight excluding hydrogens is 382 g/mol. The van der Waals surface area contributed by atoms with Crippen LogP contribution in [0.4, 0.5) is 4.39 Å². The van der Waals surface area contributed by atoms with Gasteiger partial charge in [0.25, 0.3) is 0 Å². The number of hydrogen-bond acceptors (Lipinski definition) is 1. The van der Waals surface area contributed by atoms with Gasteiger partial charge in [0.1, 0.15) is 5.82 Å². The van der Waals surface area contributed by atoms with Gasteiger partial charge in [-0.25, -0.2) is 4.39 Å². The number of aliphatic imine (C=N–C) groups is 1. The summed E-state index contributed by atoms with van der Waals surface area (Å²) in [5.74, 6) is 0.724. The molecule has 1 aromatic heterocycles. The fourth-order valence-corrected chi connectivity index (χ4v) is 2.32. The highest BCUT2D eigenvalue weighted by Crippen LogP contribution is 2.19. The summed E-state index contributed by atoms with van der Waals surface area (Å²) in [5, 5.41) is 1.07. The third kappa shape index (κ3) is 4.33. The zero-order valence-corrected chi connectivity index (χ0v) is 15.2. The quantitative estimate of drug-likeness (QED) is 0.485. The number of benzene rings is 1. The van der Waals surface area contributed by atoms with E-state index in [0.29, 0.717) is 6.54 Å². The highest BCUT2D eigenvalue weighted by molar-refractivity contribution is 14.0. The lowest BCUT2D eigenvalue weighted by Gasteiger charge is -2.22. The van der Waals surface area contributed by atoms with Gasteiger partial charge in [-0.2, -0.15) is 0 Å². The maximum absolute atomic E-state index is 13.1. The Hall–Kier alpha value is -1.31. The van der Waals surface area contributed by atoms with Crippen molar-refractivity contribution in [3.63, 3.8) is 0 Å². The van der Waals surface area contributed by atoms with E-state index >= 15 is 0 Å².